The quantitative estimate of drug-likeness (QED) is 0.258. The molecule has 0 aromatic heterocycles. The minimum atomic E-state index is -0.640. The summed E-state index contributed by atoms with van der Waals surface area (Å²) in [4.78, 5) is 27.8. The Bertz CT molecular complexity index is 1240. The van der Waals surface area contributed by atoms with Gasteiger partial charge in [0.1, 0.15) is 24.0 Å². The van der Waals surface area contributed by atoms with Crippen molar-refractivity contribution in [2.75, 3.05) is 35.9 Å². The zero-order valence-corrected chi connectivity index (χ0v) is 22.5. The third-order valence-electron chi connectivity index (χ3n) is 6.04. The van der Waals surface area contributed by atoms with Gasteiger partial charge in [-0.2, -0.15) is 0 Å². The topological polar surface area (TPSA) is 73.9 Å². The van der Waals surface area contributed by atoms with Crippen LogP contribution in [0, 0.1) is 11.6 Å². The number of ether oxygens (including phenoxy) is 1. The predicted octanol–water partition coefficient (Wildman–Crippen LogP) is 6.06. The second-order valence-electron chi connectivity index (χ2n) is 8.52. The van der Waals surface area contributed by atoms with Crippen LogP contribution in [0.3, 0.4) is 0 Å². The Hall–Kier alpha value is -3.63. The first-order valence-electron chi connectivity index (χ1n) is 12.3. The molecule has 3 amide bonds. The summed E-state index contributed by atoms with van der Waals surface area (Å²) in [6.45, 7) is 8.56. The van der Waals surface area contributed by atoms with E-state index in [0.29, 0.717) is 30.3 Å². The number of nitrogens with one attached hydrogen (secondary N) is 2. The number of likely N-dealkylation sites (N-methyl/N-ethyl adjacent to an activating group) is 1. The van der Waals surface area contributed by atoms with E-state index >= 15 is 0 Å². The first-order chi connectivity index (χ1) is 18.2. The predicted molar refractivity (Wildman–Crippen MR) is 149 cm³/mol. The second-order valence-corrected chi connectivity index (χ2v) is 8.92. The van der Waals surface area contributed by atoms with E-state index in [1.54, 1.807) is 43.3 Å². The Morgan fingerprint density at radius 1 is 1.00 bits per heavy atom. The van der Waals surface area contributed by atoms with Gasteiger partial charge in [0, 0.05) is 12.6 Å². The minimum Gasteiger partial charge on any atom is -0.490 e. The van der Waals surface area contributed by atoms with Gasteiger partial charge < -0.3 is 20.3 Å². The van der Waals surface area contributed by atoms with Crippen molar-refractivity contribution in [2.24, 2.45) is 0 Å². The molecule has 202 valence electrons. The number of carbonyl (C=O) groups is 2. The van der Waals surface area contributed by atoms with Crippen LogP contribution < -0.4 is 19.7 Å². The van der Waals surface area contributed by atoms with Crippen LogP contribution in [-0.4, -0.2) is 43.1 Å². The van der Waals surface area contributed by atoms with Gasteiger partial charge in [0.2, 0.25) is 0 Å². The van der Waals surface area contributed by atoms with E-state index in [1.165, 1.54) is 30.3 Å². The minimum absolute atomic E-state index is 0.101. The lowest BCUT2D eigenvalue weighted by Gasteiger charge is -2.23. The summed E-state index contributed by atoms with van der Waals surface area (Å²) >= 11 is 4.35. The number of anilines is 2. The lowest BCUT2D eigenvalue weighted by molar-refractivity contribution is 0.102. The molecule has 10 heteroatoms. The molecule has 0 saturated carbocycles. The summed E-state index contributed by atoms with van der Waals surface area (Å²) in [5.74, 6) is -1.33. The van der Waals surface area contributed by atoms with Crippen molar-refractivity contribution in [1.82, 2.24) is 10.2 Å². The Balaban J connectivity index is 1.79. The van der Waals surface area contributed by atoms with Crippen LogP contribution in [0.25, 0.3) is 0 Å². The molecule has 0 radical (unpaired) electrons. The summed E-state index contributed by atoms with van der Waals surface area (Å²) in [6, 6.07) is 15.3. The highest BCUT2D eigenvalue weighted by atomic mass is 32.1. The van der Waals surface area contributed by atoms with Crippen molar-refractivity contribution in [3.8, 4) is 5.75 Å². The number of hydrogen-bond acceptors (Lipinski definition) is 5. The largest absolute Gasteiger partial charge is 0.490 e. The summed E-state index contributed by atoms with van der Waals surface area (Å²) in [7, 11) is 0. The average Bonchev–Trinajstić information content (AvgIpc) is 2.92. The molecular formula is C28H32F2N4O3S. The van der Waals surface area contributed by atoms with Crippen molar-refractivity contribution in [3.63, 3.8) is 0 Å². The second kappa shape index (κ2) is 13.8. The van der Waals surface area contributed by atoms with Gasteiger partial charge >= 0.3 is 6.03 Å². The number of halogens is 2. The molecule has 3 rings (SSSR count). The first kappa shape index (κ1) is 28.9. The van der Waals surface area contributed by atoms with Gasteiger partial charge in [-0.15, -0.1) is 0 Å². The van der Waals surface area contributed by atoms with Crippen LogP contribution >= 0.6 is 12.8 Å². The van der Waals surface area contributed by atoms with Gasteiger partial charge in [0.15, 0.2) is 0 Å². The summed E-state index contributed by atoms with van der Waals surface area (Å²) in [5, 5.41) is 5.51. The zero-order valence-electron chi connectivity index (χ0n) is 21.6. The number of urea groups is 1. The van der Waals surface area contributed by atoms with E-state index in [0.717, 1.165) is 23.0 Å². The molecule has 0 aliphatic carbocycles. The van der Waals surface area contributed by atoms with Crippen LogP contribution in [0.2, 0.25) is 0 Å². The summed E-state index contributed by atoms with van der Waals surface area (Å²) < 4.78 is 34.5. The zero-order chi connectivity index (χ0) is 27.7. The van der Waals surface area contributed by atoms with E-state index in [1.807, 2.05) is 0 Å². The molecular weight excluding hydrogens is 510 g/mol. The SMILES string of the molecule is CCN(CC)CCOc1cc(N(S)C(=O)NC(C)c2ccc(F)cc2)ccc1NC(=O)c1ccccc1F. The monoisotopic (exact) mass is 542 g/mol. The Labute approximate surface area is 227 Å². The molecule has 3 aromatic carbocycles. The number of benzene rings is 3. The third kappa shape index (κ3) is 7.69. The van der Waals surface area contributed by atoms with Gasteiger partial charge in [-0.3, -0.25) is 4.79 Å². The fourth-order valence-corrected chi connectivity index (χ4v) is 3.91. The van der Waals surface area contributed by atoms with E-state index in [2.05, 4.69) is 42.2 Å². The molecule has 3 aromatic rings. The molecule has 2 N–H and O–H groups in total. The maximum Gasteiger partial charge on any atom is 0.332 e. The Kier molecular flexibility index (Phi) is 10.5. The van der Waals surface area contributed by atoms with Crippen molar-refractivity contribution in [3.05, 3.63) is 89.5 Å². The lowest BCUT2D eigenvalue weighted by Crippen LogP contribution is -2.35. The normalized spacial score (nSPS) is 11.7. The molecule has 0 aliphatic rings. The number of amides is 3. The number of carbonyl (C=O) groups excluding carboxylic acids is 2. The fraction of sp³-hybridized carbons (Fsp3) is 0.286. The molecule has 7 nitrogen and oxygen atoms in total. The molecule has 38 heavy (non-hydrogen) atoms. The molecule has 0 spiro atoms. The Morgan fingerprint density at radius 2 is 1.68 bits per heavy atom. The van der Waals surface area contributed by atoms with E-state index < -0.39 is 23.8 Å². The molecule has 0 aliphatic heterocycles. The van der Waals surface area contributed by atoms with Gasteiger partial charge in [0.25, 0.3) is 5.91 Å². The van der Waals surface area contributed by atoms with Crippen LogP contribution in [-0.2, 0) is 0 Å². The highest BCUT2D eigenvalue weighted by Gasteiger charge is 2.19. The van der Waals surface area contributed by atoms with Crippen LogP contribution in [0.4, 0.5) is 25.0 Å². The molecule has 1 unspecified atom stereocenters. The smallest absolute Gasteiger partial charge is 0.332 e. The fourth-order valence-electron chi connectivity index (χ4n) is 3.72. The maximum atomic E-state index is 14.1. The Morgan fingerprint density at radius 3 is 2.34 bits per heavy atom. The third-order valence-corrected chi connectivity index (χ3v) is 6.45. The van der Waals surface area contributed by atoms with Crippen LogP contribution in [0.1, 0.15) is 42.7 Å². The number of thiol groups is 1. The van der Waals surface area contributed by atoms with Crippen LogP contribution in [0.5, 0.6) is 5.75 Å². The number of rotatable bonds is 11. The average molecular weight is 543 g/mol. The maximum absolute atomic E-state index is 14.1. The van der Waals surface area contributed by atoms with Crippen molar-refractivity contribution in [2.45, 2.75) is 26.8 Å². The van der Waals surface area contributed by atoms with E-state index in [4.69, 9.17) is 4.74 Å². The summed E-state index contributed by atoms with van der Waals surface area (Å²) in [5.41, 5.74) is 1.34. The highest BCUT2D eigenvalue weighted by molar-refractivity contribution is 7.82. The van der Waals surface area contributed by atoms with E-state index in [9.17, 15) is 18.4 Å². The van der Waals surface area contributed by atoms with Gasteiger partial charge in [-0.05, 0) is 62.0 Å². The molecule has 0 saturated heterocycles. The van der Waals surface area contributed by atoms with Gasteiger partial charge in [0.05, 0.1) is 23.0 Å². The van der Waals surface area contributed by atoms with Gasteiger partial charge in [-0.1, -0.05) is 50.9 Å². The van der Waals surface area contributed by atoms with Crippen molar-refractivity contribution in [1.29, 1.82) is 0 Å². The molecule has 1 atom stereocenters. The first-order valence-corrected chi connectivity index (χ1v) is 12.7. The lowest BCUT2D eigenvalue weighted by atomic mass is 10.1. The number of hydrogen-bond donors (Lipinski definition) is 3. The number of nitrogens with zero attached hydrogens (tertiary/aromatic N) is 2. The van der Waals surface area contributed by atoms with Crippen molar-refractivity contribution < 1.29 is 23.1 Å². The molecule has 0 heterocycles. The summed E-state index contributed by atoms with van der Waals surface area (Å²) in [6.07, 6.45) is 0. The van der Waals surface area contributed by atoms with Gasteiger partial charge in [-0.25, -0.2) is 17.9 Å². The van der Waals surface area contributed by atoms with E-state index in [-0.39, 0.29) is 11.4 Å². The van der Waals surface area contributed by atoms with Crippen LogP contribution in [0.15, 0.2) is 66.7 Å². The molecule has 0 fully saturated rings. The molecule has 0 bridgehead atoms. The highest BCUT2D eigenvalue weighted by Crippen LogP contribution is 2.32. The standard InChI is InChI=1S/C28H32F2N4O3S/c1-4-33(5-2)16-17-37-26-18-22(14-15-25(26)32-27(35)23-8-6-7-9-24(23)30)34(38)28(36)31-19(3)20-10-12-21(29)13-11-20/h6-15,18-19,38H,4-5,16-17H2,1-3H3,(H,31,36)(H,32,35). The van der Waals surface area contributed by atoms with Crippen molar-refractivity contribution >= 4 is 36.1 Å².